The lowest BCUT2D eigenvalue weighted by molar-refractivity contribution is 0.112. The summed E-state index contributed by atoms with van der Waals surface area (Å²) >= 11 is 3.41. The zero-order valence-electron chi connectivity index (χ0n) is 8.03. The van der Waals surface area contributed by atoms with Gasteiger partial charge in [-0.2, -0.15) is 0 Å². The summed E-state index contributed by atoms with van der Waals surface area (Å²) in [6.45, 7) is 4.19. The number of hydrogen-bond acceptors (Lipinski definition) is 3. The summed E-state index contributed by atoms with van der Waals surface area (Å²) in [5.74, 6) is 0. The van der Waals surface area contributed by atoms with E-state index in [4.69, 9.17) is 0 Å². The van der Waals surface area contributed by atoms with Gasteiger partial charge in [-0.25, -0.2) is 0 Å². The van der Waals surface area contributed by atoms with E-state index in [1.807, 2.05) is 11.4 Å². The number of carbonyl (C=O) groups is 1. The van der Waals surface area contributed by atoms with Gasteiger partial charge in [0.2, 0.25) is 0 Å². The molecule has 72 valence electrons. The first-order valence-corrected chi connectivity index (χ1v) is 6.02. The molecule has 0 aliphatic rings. The van der Waals surface area contributed by atoms with E-state index >= 15 is 0 Å². The highest BCUT2D eigenvalue weighted by Gasteiger charge is 2.10. The fourth-order valence-electron chi connectivity index (χ4n) is 1.49. The maximum absolute atomic E-state index is 10.8. The lowest BCUT2D eigenvalue weighted by atomic mass is 10.1. The van der Waals surface area contributed by atoms with Crippen LogP contribution in [-0.4, -0.2) is 6.29 Å². The Morgan fingerprint density at radius 2 is 2.14 bits per heavy atom. The Morgan fingerprint density at radius 3 is 2.71 bits per heavy atom. The van der Waals surface area contributed by atoms with Crippen LogP contribution in [0.3, 0.4) is 0 Å². The highest BCUT2D eigenvalue weighted by atomic mass is 32.1. The van der Waals surface area contributed by atoms with Gasteiger partial charge in [-0.05, 0) is 31.4 Å². The molecular formula is C11H10OS2. The van der Waals surface area contributed by atoms with Gasteiger partial charge in [0, 0.05) is 25.8 Å². The van der Waals surface area contributed by atoms with E-state index in [0.29, 0.717) is 0 Å². The van der Waals surface area contributed by atoms with Crippen LogP contribution in [0.15, 0.2) is 17.5 Å². The van der Waals surface area contributed by atoms with Gasteiger partial charge in [0.15, 0.2) is 6.29 Å². The normalized spacial score (nSPS) is 10.4. The van der Waals surface area contributed by atoms with Crippen LogP contribution in [0, 0.1) is 13.8 Å². The van der Waals surface area contributed by atoms with Crippen molar-refractivity contribution in [1.82, 2.24) is 0 Å². The third-order valence-electron chi connectivity index (χ3n) is 2.11. The van der Waals surface area contributed by atoms with Crippen molar-refractivity contribution < 1.29 is 4.79 Å². The van der Waals surface area contributed by atoms with Crippen molar-refractivity contribution in [3.63, 3.8) is 0 Å². The SMILES string of the molecule is Cc1cc(-c2sccc2C=O)c(C)s1. The topological polar surface area (TPSA) is 17.1 Å². The van der Waals surface area contributed by atoms with Gasteiger partial charge >= 0.3 is 0 Å². The molecule has 0 fully saturated rings. The number of aryl methyl sites for hydroxylation is 2. The summed E-state index contributed by atoms with van der Waals surface area (Å²) in [5, 5.41) is 1.96. The molecule has 2 rings (SSSR count). The molecule has 14 heavy (non-hydrogen) atoms. The standard InChI is InChI=1S/C11H10OS2/c1-7-5-10(8(2)14-7)11-9(6-12)3-4-13-11/h3-6H,1-2H3. The Hall–Kier alpha value is -0.930. The highest BCUT2D eigenvalue weighted by Crippen LogP contribution is 2.35. The van der Waals surface area contributed by atoms with Crippen LogP contribution in [0.1, 0.15) is 20.1 Å². The Labute approximate surface area is 91.0 Å². The Kier molecular flexibility index (Phi) is 2.52. The minimum absolute atomic E-state index is 0.802. The second-order valence-electron chi connectivity index (χ2n) is 3.15. The molecule has 0 saturated heterocycles. The average molecular weight is 222 g/mol. The third kappa shape index (κ3) is 1.53. The molecular weight excluding hydrogens is 212 g/mol. The number of aldehydes is 1. The molecule has 2 heterocycles. The van der Waals surface area contributed by atoms with Crippen molar-refractivity contribution in [1.29, 1.82) is 0 Å². The van der Waals surface area contributed by atoms with E-state index < -0.39 is 0 Å². The van der Waals surface area contributed by atoms with Crippen LogP contribution in [0.5, 0.6) is 0 Å². The molecule has 2 aromatic rings. The lowest BCUT2D eigenvalue weighted by Gasteiger charge is -1.95. The quantitative estimate of drug-likeness (QED) is 0.704. The number of hydrogen-bond donors (Lipinski definition) is 0. The van der Waals surface area contributed by atoms with Gasteiger partial charge in [0.05, 0.1) is 0 Å². The van der Waals surface area contributed by atoms with Crippen molar-refractivity contribution in [2.45, 2.75) is 13.8 Å². The molecule has 2 aromatic heterocycles. The predicted molar refractivity (Wildman–Crippen MR) is 62.5 cm³/mol. The largest absolute Gasteiger partial charge is 0.298 e. The molecule has 3 heteroatoms. The first kappa shape index (κ1) is 9.62. The van der Waals surface area contributed by atoms with E-state index in [1.54, 1.807) is 22.7 Å². The van der Waals surface area contributed by atoms with Crippen LogP contribution in [0.2, 0.25) is 0 Å². The summed E-state index contributed by atoms with van der Waals surface area (Å²) < 4.78 is 0. The molecule has 0 aliphatic carbocycles. The van der Waals surface area contributed by atoms with E-state index in [1.165, 1.54) is 15.3 Å². The fourth-order valence-corrected chi connectivity index (χ4v) is 3.42. The van der Waals surface area contributed by atoms with Gasteiger partial charge in [0.1, 0.15) is 0 Å². The molecule has 0 unspecified atom stereocenters. The van der Waals surface area contributed by atoms with Crippen molar-refractivity contribution in [2.24, 2.45) is 0 Å². The summed E-state index contributed by atoms with van der Waals surface area (Å²) in [6.07, 6.45) is 0.929. The molecule has 0 saturated carbocycles. The lowest BCUT2D eigenvalue weighted by Crippen LogP contribution is -1.79. The molecule has 0 aliphatic heterocycles. The maximum atomic E-state index is 10.8. The number of rotatable bonds is 2. The van der Waals surface area contributed by atoms with E-state index in [0.717, 1.165) is 16.7 Å². The van der Waals surface area contributed by atoms with E-state index in [9.17, 15) is 4.79 Å². The van der Waals surface area contributed by atoms with Crippen LogP contribution in [-0.2, 0) is 0 Å². The summed E-state index contributed by atoms with van der Waals surface area (Å²) in [6, 6.07) is 4.03. The zero-order valence-corrected chi connectivity index (χ0v) is 9.67. The first-order chi connectivity index (χ1) is 6.72. The smallest absolute Gasteiger partial charge is 0.151 e. The van der Waals surface area contributed by atoms with Crippen molar-refractivity contribution in [3.8, 4) is 10.4 Å². The summed E-state index contributed by atoms with van der Waals surface area (Å²) in [7, 11) is 0. The van der Waals surface area contributed by atoms with Gasteiger partial charge < -0.3 is 0 Å². The first-order valence-electron chi connectivity index (χ1n) is 4.32. The van der Waals surface area contributed by atoms with E-state index in [2.05, 4.69) is 19.9 Å². The molecule has 0 amide bonds. The maximum Gasteiger partial charge on any atom is 0.151 e. The fraction of sp³-hybridized carbons (Fsp3) is 0.182. The molecule has 0 atom stereocenters. The van der Waals surface area contributed by atoms with Crippen LogP contribution in [0.4, 0.5) is 0 Å². The van der Waals surface area contributed by atoms with Crippen molar-refractivity contribution >= 4 is 29.0 Å². The van der Waals surface area contributed by atoms with Crippen molar-refractivity contribution in [2.75, 3.05) is 0 Å². The minimum Gasteiger partial charge on any atom is -0.298 e. The average Bonchev–Trinajstić information content (AvgIpc) is 2.71. The monoisotopic (exact) mass is 222 g/mol. The molecule has 0 N–H and O–H groups in total. The Morgan fingerprint density at radius 1 is 1.36 bits per heavy atom. The predicted octanol–water partition coefficient (Wildman–Crippen LogP) is 3.91. The van der Waals surface area contributed by atoms with Gasteiger partial charge in [-0.1, -0.05) is 0 Å². The number of carbonyl (C=O) groups excluding carboxylic acids is 1. The zero-order chi connectivity index (χ0) is 10.1. The van der Waals surface area contributed by atoms with Gasteiger partial charge in [-0.15, -0.1) is 22.7 Å². The second kappa shape index (κ2) is 3.67. The molecule has 0 bridgehead atoms. The summed E-state index contributed by atoms with van der Waals surface area (Å²) in [5.41, 5.74) is 2.01. The second-order valence-corrected chi connectivity index (χ2v) is 5.53. The molecule has 0 radical (unpaired) electrons. The highest BCUT2D eigenvalue weighted by molar-refractivity contribution is 7.15. The minimum atomic E-state index is 0.802. The van der Waals surface area contributed by atoms with Crippen LogP contribution < -0.4 is 0 Å². The third-order valence-corrected chi connectivity index (χ3v) is 4.04. The molecule has 0 aromatic carbocycles. The van der Waals surface area contributed by atoms with Crippen LogP contribution in [0.25, 0.3) is 10.4 Å². The van der Waals surface area contributed by atoms with Gasteiger partial charge in [0.25, 0.3) is 0 Å². The van der Waals surface area contributed by atoms with Crippen molar-refractivity contribution in [3.05, 3.63) is 32.8 Å². The van der Waals surface area contributed by atoms with Gasteiger partial charge in [-0.3, -0.25) is 4.79 Å². The van der Waals surface area contributed by atoms with Crippen LogP contribution >= 0.6 is 22.7 Å². The number of thiophene rings is 2. The molecule has 0 spiro atoms. The molecule has 1 nitrogen and oxygen atoms in total. The Bertz CT molecular complexity index is 465. The van der Waals surface area contributed by atoms with E-state index in [-0.39, 0.29) is 0 Å². The summed E-state index contributed by atoms with van der Waals surface area (Å²) in [4.78, 5) is 14.5. The Balaban J connectivity index is 2.59.